The molecule has 0 fully saturated rings. The summed E-state index contributed by atoms with van der Waals surface area (Å²) in [6.45, 7) is 7.87. The van der Waals surface area contributed by atoms with E-state index in [1.54, 1.807) is 7.05 Å². The molecule has 0 amide bonds. The van der Waals surface area contributed by atoms with Crippen molar-refractivity contribution in [1.82, 2.24) is 15.5 Å². The number of hydrogen-bond donors (Lipinski definition) is 2. The molecule has 0 aliphatic heterocycles. The number of benzene rings is 2. The molecule has 2 N–H and O–H groups in total. The van der Waals surface area contributed by atoms with Gasteiger partial charge in [0, 0.05) is 26.7 Å². The van der Waals surface area contributed by atoms with Crippen LogP contribution in [0.1, 0.15) is 29.2 Å². The van der Waals surface area contributed by atoms with Crippen molar-refractivity contribution in [2.75, 3.05) is 20.6 Å². The Balaban J connectivity index is 0.00000338. The van der Waals surface area contributed by atoms with Crippen molar-refractivity contribution in [1.29, 1.82) is 0 Å². The molecule has 4 nitrogen and oxygen atoms in total. The van der Waals surface area contributed by atoms with Crippen LogP contribution in [0.2, 0.25) is 0 Å². The fourth-order valence-corrected chi connectivity index (χ4v) is 2.66. The van der Waals surface area contributed by atoms with Crippen LogP contribution < -0.4 is 10.6 Å². The highest BCUT2D eigenvalue weighted by molar-refractivity contribution is 14.0. The van der Waals surface area contributed by atoms with Crippen LogP contribution in [0.4, 0.5) is 0 Å². The summed E-state index contributed by atoms with van der Waals surface area (Å²) in [7, 11) is 3.95. The van der Waals surface area contributed by atoms with Crippen molar-refractivity contribution >= 4 is 29.9 Å². The van der Waals surface area contributed by atoms with E-state index in [2.05, 4.69) is 90.0 Å². The molecule has 2 rings (SSSR count). The average molecular weight is 466 g/mol. The zero-order chi connectivity index (χ0) is 18.1. The van der Waals surface area contributed by atoms with Gasteiger partial charge in [0.2, 0.25) is 0 Å². The van der Waals surface area contributed by atoms with E-state index in [-0.39, 0.29) is 24.0 Å². The number of halogens is 1. The fraction of sp³-hybridized carbons (Fsp3) is 0.381. The van der Waals surface area contributed by atoms with Crippen LogP contribution in [0, 0.1) is 6.92 Å². The van der Waals surface area contributed by atoms with Crippen molar-refractivity contribution in [2.24, 2.45) is 4.99 Å². The minimum atomic E-state index is 0. The molecule has 0 saturated heterocycles. The van der Waals surface area contributed by atoms with Gasteiger partial charge >= 0.3 is 0 Å². The maximum Gasteiger partial charge on any atom is 0.191 e. The van der Waals surface area contributed by atoms with Gasteiger partial charge in [-0.3, -0.25) is 4.99 Å². The van der Waals surface area contributed by atoms with E-state index in [1.807, 2.05) is 0 Å². The highest BCUT2D eigenvalue weighted by Gasteiger charge is 2.03. The van der Waals surface area contributed by atoms with Crippen molar-refractivity contribution in [3.63, 3.8) is 0 Å². The Morgan fingerprint density at radius 3 is 2.38 bits per heavy atom. The molecule has 142 valence electrons. The molecule has 2 aromatic carbocycles. The monoisotopic (exact) mass is 466 g/mol. The predicted octanol–water partition coefficient (Wildman–Crippen LogP) is 3.93. The van der Waals surface area contributed by atoms with Gasteiger partial charge in [0.15, 0.2) is 5.96 Å². The van der Waals surface area contributed by atoms with E-state index in [9.17, 15) is 0 Å². The van der Waals surface area contributed by atoms with Gasteiger partial charge in [-0.2, -0.15) is 0 Å². The van der Waals surface area contributed by atoms with E-state index in [0.717, 1.165) is 32.1 Å². The molecule has 0 heterocycles. The number of nitrogens with zero attached hydrogens (tertiary/aromatic N) is 2. The molecule has 0 unspecified atom stereocenters. The van der Waals surface area contributed by atoms with Gasteiger partial charge in [0.25, 0.3) is 0 Å². The molecular formula is C21H31IN4. The molecule has 5 heteroatoms. The minimum absolute atomic E-state index is 0. The maximum absolute atomic E-state index is 4.32. The maximum atomic E-state index is 4.32. The quantitative estimate of drug-likeness (QED) is 0.369. The Morgan fingerprint density at radius 2 is 1.69 bits per heavy atom. The highest BCUT2D eigenvalue weighted by Crippen LogP contribution is 2.08. The zero-order valence-corrected chi connectivity index (χ0v) is 18.6. The first-order valence-corrected chi connectivity index (χ1v) is 8.87. The molecule has 0 aromatic heterocycles. The van der Waals surface area contributed by atoms with Crippen LogP contribution in [0.3, 0.4) is 0 Å². The molecular weight excluding hydrogens is 435 g/mol. The molecule has 0 atom stereocenters. The van der Waals surface area contributed by atoms with Crippen molar-refractivity contribution in [3.05, 3.63) is 70.8 Å². The molecule has 0 aliphatic carbocycles. The van der Waals surface area contributed by atoms with E-state index < -0.39 is 0 Å². The van der Waals surface area contributed by atoms with Gasteiger partial charge in [-0.1, -0.05) is 55.5 Å². The summed E-state index contributed by atoms with van der Waals surface area (Å²) >= 11 is 0. The molecule has 26 heavy (non-hydrogen) atoms. The normalized spacial score (nSPS) is 11.2. The van der Waals surface area contributed by atoms with E-state index in [4.69, 9.17) is 0 Å². The second kappa shape index (κ2) is 11.9. The second-order valence-electron chi connectivity index (χ2n) is 6.36. The van der Waals surface area contributed by atoms with Crippen molar-refractivity contribution < 1.29 is 0 Å². The minimum Gasteiger partial charge on any atom is -0.352 e. The van der Waals surface area contributed by atoms with Gasteiger partial charge < -0.3 is 15.5 Å². The third kappa shape index (κ3) is 7.33. The third-order valence-electron chi connectivity index (χ3n) is 4.37. The van der Waals surface area contributed by atoms with Crippen LogP contribution in [-0.4, -0.2) is 31.5 Å². The van der Waals surface area contributed by atoms with Crippen LogP contribution in [-0.2, 0) is 19.6 Å². The number of guanidine groups is 1. The SMILES string of the molecule is CCN(C)Cc1cccc(CNC(=NC)NCc2ccccc2C)c1.I. The zero-order valence-electron chi connectivity index (χ0n) is 16.2. The van der Waals surface area contributed by atoms with Crippen molar-refractivity contribution in [3.8, 4) is 0 Å². The number of nitrogens with one attached hydrogen (secondary N) is 2. The van der Waals surface area contributed by atoms with Crippen LogP contribution in [0.15, 0.2) is 53.5 Å². The smallest absolute Gasteiger partial charge is 0.191 e. The van der Waals surface area contributed by atoms with Gasteiger partial charge in [-0.25, -0.2) is 0 Å². The Kier molecular flexibility index (Phi) is 10.3. The standard InChI is InChI=1S/C21H30N4.HI/c1-5-25(4)16-19-11-8-10-18(13-19)14-23-21(22-3)24-15-20-12-7-6-9-17(20)2;/h6-13H,5,14-16H2,1-4H3,(H2,22,23,24);1H. The van der Waals surface area contributed by atoms with E-state index in [0.29, 0.717) is 0 Å². The molecule has 0 spiro atoms. The highest BCUT2D eigenvalue weighted by atomic mass is 127. The molecule has 0 bridgehead atoms. The van der Waals surface area contributed by atoms with Gasteiger partial charge in [0.05, 0.1) is 0 Å². The molecule has 0 aliphatic rings. The van der Waals surface area contributed by atoms with E-state index >= 15 is 0 Å². The summed E-state index contributed by atoms with van der Waals surface area (Å²) in [5, 5.41) is 6.78. The lowest BCUT2D eigenvalue weighted by atomic mass is 10.1. The fourth-order valence-electron chi connectivity index (χ4n) is 2.66. The Labute approximate surface area is 175 Å². The second-order valence-corrected chi connectivity index (χ2v) is 6.36. The molecule has 0 radical (unpaired) electrons. The summed E-state index contributed by atoms with van der Waals surface area (Å²) in [5.41, 5.74) is 5.18. The summed E-state index contributed by atoms with van der Waals surface area (Å²) < 4.78 is 0. The van der Waals surface area contributed by atoms with Crippen LogP contribution in [0.25, 0.3) is 0 Å². The number of rotatable bonds is 7. The number of hydrogen-bond acceptors (Lipinski definition) is 2. The first kappa shape index (κ1) is 22.4. The summed E-state index contributed by atoms with van der Waals surface area (Å²) in [6, 6.07) is 17.1. The number of aryl methyl sites for hydroxylation is 1. The Hall–Kier alpha value is -1.60. The van der Waals surface area contributed by atoms with Crippen LogP contribution >= 0.6 is 24.0 Å². The first-order valence-electron chi connectivity index (χ1n) is 8.87. The lowest BCUT2D eigenvalue weighted by Crippen LogP contribution is -2.36. The molecule has 2 aromatic rings. The van der Waals surface area contributed by atoms with Gasteiger partial charge in [-0.05, 0) is 42.8 Å². The topological polar surface area (TPSA) is 39.7 Å². The largest absolute Gasteiger partial charge is 0.352 e. The molecule has 0 saturated carbocycles. The lowest BCUT2D eigenvalue weighted by molar-refractivity contribution is 0.345. The first-order chi connectivity index (χ1) is 12.1. The summed E-state index contributed by atoms with van der Waals surface area (Å²) in [5.74, 6) is 0.819. The number of aliphatic imine (C=N–C) groups is 1. The van der Waals surface area contributed by atoms with Gasteiger partial charge in [-0.15, -0.1) is 24.0 Å². The van der Waals surface area contributed by atoms with E-state index in [1.165, 1.54) is 22.3 Å². The van der Waals surface area contributed by atoms with Crippen molar-refractivity contribution in [2.45, 2.75) is 33.5 Å². The third-order valence-corrected chi connectivity index (χ3v) is 4.37. The van der Waals surface area contributed by atoms with Gasteiger partial charge in [0.1, 0.15) is 0 Å². The summed E-state index contributed by atoms with van der Waals surface area (Å²) in [6.07, 6.45) is 0. The average Bonchev–Trinajstić information content (AvgIpc) is 2.63. The Morgan fingerprint density at radius 1 is 1.00 bits per heavy atom. The Bertz CT molecular complexity index is 700. The lowest BCUT2D eigenvalue weighted by Gasteiger charge is -2.16. The van der Waals surface area contributed by atoms with Crippen LogP contribution in [0.5, 0.6) is 0 Å². The predicted molar refractivity (Wildman–Crippen MR) is 122 cm³/mol. The summed E-state index contributed by atoms with van der Waals surface area (Å²) in [4.78, 5) is 6.62.